The Morgan fingerprint density at radius 2 is 1.66 bits per heavy atom. The maximum absolute atomic E-state index is 13.4. The standard InChI is InChI=1S/C23H25N3O6/c1-4-31-19(27)14-23(22(30)32-5-2)24-18-9-7-6-8-17(18)21(29)26(23)25-20(28)16-12-10-15(3)11-13-16/h6-13,24H,4-5,14H2,1-3H3,(H,25,28). The Bertz CT molecular complexity index is 1040. The molecule has 0 saturated carbocycles. The van der Waals surface area contributed by atoms with Gasteiger partial charge >= 0.3 is 11.9 Å². The molecule has 0 radical (unpaired) electrons. The van der Waals surface area contributed by atoms with E-state index in [1.54, 1.807) is 62.4 Å². The highest BCUT2D eigenvalue weighted by molar-refractivity contribution is 6.08. The summed E-state index contributed by atoms with van der Waals surface area (Å²) in [5.41, 5.74) is 2.24. The average Bonchev–Trinajstić information content (AvgIpc) is 2.77. The SMILES string of the molecule is CCOC(=O)CC1(C(=O)OCC)Nc2ccccc2C(=O)N1NC(=O)c1ccc(C)cc1. The van der Waals surface area contributed by atoms with Gasteiger partial charge in [-0.1, -0.05) is 29.8 Å². The van der Waals surface area contributed by atoms with Gasteiger partial charge in [0.05, 0.1) is 18.8 Å². The van der Waals surface area contributed by atoms with Crippen LogP contribution in [-0.2, 0) is 19.1 Å². The van der Waals surface area contributed by atoms with Crippen molar-refractivity contribution in [2.24, 2.45) is 0 Å². The summed E-state index contributed by atoms with van der Waals surface area (Å²) in [6.45, 7) is 5.19. The first-order valence-electron chi connectivity index (χ1n) is 10.2. The predicted octanol–water partition coefficient (Wildman–Crippen LogP) is 2.42. The number of anilines is 1. The van der Waals surface area contributed by atoms with E-state index in [1.807, 2.05) is 6.92 Å². The lowest BCUT2D eigenvalue weighted by molar-refractivity contribution is -0.162. The fourth-order valence-electron chi connectivity index (χ4n) is 3.38. The molecule has 3 rings (SSSR count). The Labute approximate surface area is 185 Å². The van der Waals surface area contributed by atoms with E-state index in [0.717, 1.165) is 10.6 Å². The molecule has 2 N–H and O–H groups in total. The van der Waals surface area contributed by atoms with E-state index in [2.05, 4.69) is 10.7 Å². The van der Waals surface area contributed by atoms with Crippen molar-refractivity contribution in [2.75, 3.05) is 18.5 Å². The normalized spacial score (nSPS) is 17.1. The number of hydrazine groups is 1. The lowest BCUT2D eigenvalue weighted by Crippen LogP contribution is -2.70. The van der Waals surface area contributed by atoms with Crippen molar-refractivity contribution in [1.29, 1.82) is 0 Å². The molecule has 1 aliphatic heterocycles. The summed E-state index contributed by atoms with van der Waals surface area (Å²) < 4.78 is 10.2. The molecule has 1 heterocycles. The third-order valence-electron chi connectivity index (χ3n) is 4.93. The number of nitrogens with zero attached hydrogens (tertiary/aromatic N) is 1. The number of esters is 2. The number of fused-ring (bicyclic) bond motifs is 1. The van der Waals surface area contributed by atoms with E-state index < -0.39 is 35.8 Å². The molecular formula is C23H25N3O6. The van der Waals surface area contributed by atoms with Gasteiger partial charge in [-0.25, -0.2) is 9.80 Å². The molecule has 1 aliphatic rings. The number of hydrogen-bond donors (Lipinski definition) is 2. The molecule has 0 aromatic heterocycles. The number of ether oxygens (including phenoxy) is 2. The van der Waals surface area contributed by atoms with Gasteiger partial charge < -0.3 is 14.8 Å². The Morgan fingerprint density at radius 1 is 1.00 bits per heavy atom. The van der Waals surface area contributed by atoms with Crippen LogP contribution in [0.2, 0.25) is 0 Å². The van der Waals surface area contributed by atoms with Gasteiger partial charge in [-0.05, 0) is 45.0 Å². The van der Waals surface area contributed by atoms with E-state index >= 15 is 0 Å². The van der Waals surface area contributed by atoms with E-state index in [9.17, 15) is 19.2 Å². The van der Waals surface area contributed by atoms with E-state index in [0.29, 0.717) is 5.69 Å². The van der Waals surface area contributed by atoms with Gasteiger partial charge in [0.15, 0.2) is 0 Å². The van der Waals surface area contributed by atoms with Crippen molar-refractivity contribution in [1.82, 2.24) is 10.4 Å². The monoisotopic (exact) mass is 439 g/mol. The van der Waals surface area contributed by atoms with Crippen molar-refractivity contribution in [3.05, 3.63) is 65.2 Å². The minimum Gasteiger partial charge on any atom is -0.466 e. The summed E-state index contributed by atoms with van der Waals surface area (Å²) in [5.74, 6) is -2.94. The average molecular weight is 439 g/mol. The summed E-state index contributed by atoms with van der Waals surface area (Å²) in [7, 11) is 0. The molecule has 0 aliphatic carbocycles. The van der Waals surface area contributed by atoms with Crippen LogP contribution in [0.25, 0.3) is 0 Å². The number of carbonyl (C=O) groups excluding carboxylic acids is 4. The molecule has 0 bridgehead atoms. The van der Waals surface area contributed by atoms with Crippen molar-refractivity contribution < 1.29 is 28.7 Å². The molecule has 9 nitrogen and oxygen atoms in total. The number of nitrogens with one attached hydrogen (secondary N) is 2. The number of para-hydroxylation sites is 1. The molecule has 1 atom stereocenters. The molecule has 2 aromatic rings. The van der Waals surface area contributed by atoms with Crippen LogP contribution in [-0.4, -0.2) is 47.6 Å². The molecule has 32 heavy (non-hydrogen) atoms. The first kappa shape index (κ1) is 22.8. The van der Waals surface area contributed by atoms with Gasteiger partial charge in [0.25, 0.3) is 11.8 Å². The Hall–Kier alpha value is -3.88. The van der Waals surface area contributed by atoms with Gasteiger partial charge in [0, 0.05) is 11.3 Å². The Kier molecular flexibility index (Phi) is 6.77. The summed E-state index contributed by atoms with van der Waals surface area (Å²) in [6.07, 6.45) is -0.575. The van der Waals surface area contributed by atoms with Crippen LogP contribution in [0.1, 0.15) is 46.5 Å². The Balaban J connectivity index is 2.09. The molecule has 9 heteroatoms. The highest BCUT2D eigenvalue weighted by Gasteiger charge is 2.54. The molecule has 0 fully saturated rings. The summed E-state index contributed by atoms with van der Waals surface area (Å²) >= 11 is 0. The molecule has 168 valence electrons. The molecule has 0 spiro atoms. The van der Waals surface area contributed by atoms with Crippen LogP contribution in [0.5, 0.6) is 0 Å². The smallest absolute Gasteiger partial charge is 0.355 e. The van der Waals surface area contributed by atoms with E-state index in [-0.39, 0.29) is 24.3 Å². The van der Waals surface area contributed by atoms with Crippen LogP contribution in [0.4, 0.5) is 5.69 Å². The fourth-order valence-corrected chi connectivity index (χ4v) is 3.38. The lowest BCUT2D eigenvalue weighted by Gasteiger charge is -2.45. The number of aryl methyl sites for hydroxylation is 1. The van der Waals surface area contributed by atoms with Crippen molar-refractivity contribution in [3.8, 4) is 0 Å². The zero-order valence-corrected chi connectivity index (χ0v) is 18.1. The minimum atomic E-state index is -2.03. The Morgan fingerprint density at radius 3 is 2.31 bits per heavy atom. The quantitative estimate of drug-likeness (QED) is 0.637. The topological polar surface area (TPSA) is 114 Å². The minimum absolute atomic E-state index is 0.000669. The van der Waals surface area contributed by atoms with Gasteiger partial charge in [0.1, 0.15) is 6.42 Å². The number of carbonyl (C=O) groups is 4. The second kappa shape index (κ2) is 9.51. The molecule has 0 saturated heterocycles. The van der Waals surface area contributed by atoms with Crippen molar-refractivity contribution >= 4 is 29.4 Å². The number of amides is 2. The maximum atomic E-state index is 13.4. The van der Waals surface area contributed by atoms with Gasteiger partial charge in [-0.2, -0.15) is 0 Å². The zero-order valence-electron chi connectivity index (χ0n) is 18.1. The number of benzene rings is 2. The van der Waals surface area contributed by atoms with Gasteiger partial charge in [-0.3, -0.25) is 19.8 Å². The van der Waals surface area contributed by atoms with Gasteiger partial charge in [-0.15, -0.1) is 0 Å². The molecular weight excluding hydrogens is 414 g/mol. The third kappa shape index (κ3) is 4.41. The summed E-state index contributed by atoms with van der Waals surface area (Å²) in [4.78, 5) is 52.0. The molecule has 2 amide bonds. The first-order valence-corrected chi connectivity index (χ1v) is 10.2. The van der Waals surface area contributed by atoms with Crippen LogP contribution in [0.3, 0.4) is 0 Å². The summed E-state index contributed by atoms with van der Waals surface area (Å²) in [6, 6.07) is 13.2. The maximum Gasteiger partial charge on any atom is 0.355 e. The molecule has 2 aromatic carbocycles. The van der Waals surface area contributed by atoms with Crippen molar-refractivity contribution in [2.45, 2.75) is 32.9 Å². The fraction of sp³-hybridized carbons (Fsp3) is 0.304. The number of rotatable bonds is 7. The second-order valence-corrected chi connectivity index (χ2v) is 7.18. The van der Waals surface area contributed by atoms with E-state index in [1.165, 1.54) is 0 Å². The van der Waals surface area contributed by atoms with Crippen LogP contribution in [0.15, 0.2) is 48.5 Å². The first-order chi connectivity index (χ1) is 15.3. The largest absolute Gasteiger partial charge is 0.466 e. The number of hydrogen-bond acceptors (Lipinski definition) is 7. The van der Waals surface area contributed by atoms with E-state index in [4.69, 9.17) is 9.47 Å². The summed E-state index contributed by atoms with van der Waals surface area (Å²) in [5, 5.41) is 3.77. The van der Waals surface area contributed by atoms with Crippen LogP contribution in [0, 0.1) is 6.92 Å². The van der Waals surface area contributed by atoms with Crippen LogP contribution >= 0.6 is 0 Å². The predicted molar refractivity (Wildman–Crippen MR) is 115 cm³/mol. The van der Waals surface area contributed by atoms with Crippen LogP contribution < -0.4 is 10.7 Å². The van der Waals surface area contributed by atoms with Crippen molar-refractivity contribution in [3.63, 3.8) is 0 Å². The zero-order chi connectivity index (χ0) is 23.3. The molecule has 1 unspecified atom stereocenters. The highest BCUT2D eigenvalue weighted by atomic mass is 16.5. The highest BCUT2D eigenvalue weighted by Crippen LogP contribution is 2.34. The second-order valence-electron chi connectivity index (χ2n) is 7.18. The third-order valence-corrected chi connectivity index (χ3v) is 4.93. The lowest BCUT2D eigenvalue weighted by atomic mass is 9.97. The van der Waals surface area contributed by atoms with Gasteiger partial charge in [0.2, 0.25) is 5.66 Å².